The summed E-state index contributed by atoms with van der Waals surface area (Å²) in [4.78, 5) is 39.2. The van der Waals surface area contributed by atoms with E-state index in [4.69, 9.17) is 9.72 Å². The highest BCUT2D eigenvalue weighted by molar-refractivity contribution is 5.92. The molecule has 0 saturated carbocycles. The number of aromatic nitrogens is 4. The van der Waals surface area contributed by atoms with E-state index in [1.54, 1.807) is 11.1 Å². The number of amides is 1. The SMILES string of the molecule is Cn1nc(C(=O)N2CCN(c3ccnc(N4CCOCC4)n3)CC2)ccc1=O. The van der Waals surface area contributed by atoms with E-state index in [0.29, 0.717) is 45.3 Å². The lowest BCUT2D eigenvalue weighted by Gasteiger charge is -2.35. The van der Waals surface area contributed by atoms with Gasteiger partial charge in [0, 0.05) is 58.6 Å². The molecule has 0 N–H and O–H groups in total. The third-order valence-electron chi connectivity index (χ3n) is 4.99. The molecule has 10 nitrogen and oxygen atoms in total. The van der Waals surface area contributed by atoms with E-state index in [2.05, 4.69) is 19.9 Å². The van der Waals surface area contributed by atoms with Crippen molar-refractivity contribution in [3.8, 4) is 0 Å². The summed E-state index contributed by atoms with van der Waals surface area (Å²) in [7, 11) is 1.54. The van der Waals surface area contributed by atoms with Crippen molar-refractivity contribution in [3.05, 3.63) is 40.4 Å². The maximum absolute atomic E-state index is 12.7. The van der Waals surface area contributed by atoms with Gasteiger partial charge in [-0.2, -0.15) is 10.1 Å². The zero-order chi connectivity index (χ0) is 19.5. The second-order valence-corrected chi connectivity index (χ2v) is 6.77. The van der Waals surface area contributed by atoms with Crippen LogP contribution in [0.4, 0.5) is 11.8 Å². The number of hydrogen-bond acceptors (Lipinski definition) is 8. The highest BCUT2D eigenvalue weighted by atomic mass is 16.5. The van der Waals surface area contributed by atoms with E-state index in [0.717, 1.165) is 18.9 Å². The van der Waals surface area contributed by atoms with Crippen LogP contribution in [-0.4, -0.2) is 83.0 Å². The van der Waals surface area contributed by atoms with Gasteiger partial charge < -0.3 is 19.4 Å². The minimum atomic E-state index is -0.235. The molecule has 0 aliphatic carbocycles. The van der Waals surface area contributed by atoms with Gasteiger partial charge in [0.05, 0.1) is 13.2 Å². The quantitative estimate of drug-likeness (QED) is 0.689. The van der Waals surface area contributed by atoms with Gasteiger partial charge in [-0.1, -0.05) is 0 Å². The summed E-state index contributed by atoms with van der Waals surface area (Å²) in [6.45, 7) is 5.45. The molecule has 2 fully saturated rings. The number of hydrogen-bond donors (Lipinski definition) is 0. The van der Waals surface area contributed by atoms with Crippen LogP contribution in [0, 0.1) is 0 Å². The number of rotatable bonds is 3. The number of aryl methyl sites for hydroxylation is 1. The summed E-state index contributed by atoms with van der Waals surface area (Å²) >= 11 is 0. The molecule has 2 aromatic heterocycles. The molecule has 2 aliphatic rings. The molecule has 4 heterocycles. The van der Waals surface area contributed by atoms with E-state index < -0.39 is 0 Å². The number of morpholine rings is 1. The fourth-order valence-corrected chi connectivity index (χ4v) is 3.35. The summed E-state index contributed by atoms with van der Waals surface area (Å²) in [5.41, 5.74) is 0.0494. The number of carbonyl (C=O) groups is 1. The average Bonchev–Trinajstić information content (AvgIpc) is 2.76. The summed E-state index contributed by atoms with van der Waals surface area (Å²) < 4.78 is 6.56. The zero-order valence-corrected chi connectivity index (χ0v) is 15.8. The van der Waals surface area contributed by atoms with Crippen molar-refractivity contribution in [1.82, 2.24) is 24.6 Å². The second-order valence-electron chi connectivity index (χ2n) is 6.77. The van der Waals surface area contributed by atoms with Crippen LogP contribution in [-0.2, 0) is 11.8 Å². The lowest BCUT2D eigenvalue weighted by atomic mass is 10.2. The molecular weight excluding hydrogens is 362 g/mol. The zero-order valence-electron chi connectivity index (χ0n) is 15.8. The first-order valence-corrected chi connectivity index (χ1v) is 9.36. The minimum Gasteiger partial charge on any atom is -0.378 e. The monoisotopic (exact) mass is 385 g/mol. The molecule has 2 saturated heterocycles. The van der Waals surface area contributed by atoms with Gasteiger partial charge in [-0.3, -0.25) is 9.59 Å². The third-order valence-corrected chi connectivity index (χ3v) is 4.99. The number of piperazine rings is 1. The van der Waals surface area contributed by atoms with E-state index in [-0.39, 0.29) is 17.2 Å². The Kier molecular flexibility index (Phi) is 5.20. The van der Waals surface area contributed by atoms with Gasteiger partial charge in [0.1, 0.15) is 11.5 Å². The smallest absolute Gasteiger partial charge is 0.274 e. The molecule has 28 heavy (non-hydrogen) atoms. The van der Waals surface area contributed by atoms with Crippen molar-refractivity contribution in [2.24, 2.45) is 7.05 Å². The molecule has 2 aliphatic heterocycles. The molecule has 0 spiro atoms. The van der Waals surface area contributed by atoms with Crippen LogP contribution in [0.1, 0.15) is 10.5 Å². The number of ether oxygens (including phenoxy) is 1. The molecule has 4 rings (SSSR count). The fourth-order valence-electron chi connectivity index (χ4n) is 3.35. The van der Waals surface area contributed by atoms with Crippen LogP contribution < -0.4 is 15.4 Å². The van der Waals surface area contributed by atoms with Crippen molar-refractivity contribution >= 4 is 17.7 Å². The lowest BCUT2D eigenvalue weighted by molar-refractivity contribution is 0.0738. The van der Waals surface area contributed by atoms with E-state index in [1.807, 2.05) is 6.07 Å². The number of nitrogens with zero attached hydrogens (tertiary/aromatic N) is 7. The molecule has 1 amide bonds. The molecule has 0 atom stereocenters. The Hall–Kier alpha value is -3.01. The first-order valence-electron chi connectivity index (χ1n) is 9.36. The summed E-state index contributed by atoms with van der Waals surface area (Å²) in [6.07, 6.45) is 1.78. The summed E-state index contributed by atoms with van der Waals surface area (Å²) in [5.74, 6) is 1.42. The van der Waals surface area contributed by atoms with Crippen molar-refractivity contribution in [3.63, 3.8) is 0 Å². The van der Waals surface area contributed by atoms with E-state index in [1.165, 1.54) is 23.9 Å². The molecular formula is C18H23N7O3. The van der Waals surface area contributed by atoms with E-state index >= 15 is 0 Å². The van der Waals surface area contributed by atoms with Gasteiger partial charge >= 0.3 is 0 Å². The molecule has 0 radical (unpaired) electrons. The first-order chi connectivity index (χ1) is 13.6. The third kappa shape index (κ3) is 3.81. The lowest BCUT2D eigenvalue weighted by Crippen LogP contribution is -2.49. The fraction of sp³-hybridized carbons (Fsp3) is 0.500. The van der Waals surface area contributed by atoms with Crippen molar-refractivity contribution in [1.29, 1.82) is 0 Å². The van der Waals surface area contributed by atoms with Gasteiger partial charge in [0.15, 0.2) is 0 Å². The maximum Gasteiger partial charge on any atom is 0.274 e. The highest BCUT2D eigenvalue weighted by Crippen LogP contribution is 2.18. The first kappa shape index (κ1) is 18.4. The van der Waals surface area contributed by atoms with Crippen molar-refractivity contribution in [2.45, 2.75) is 0 Å². The average molecular weight is 385 g/mol. The number of anilines is 2. The molecule has 148 valence electrons. The van der Waals surface area contributed by atoms with Crippen LogP contribution in [0.2, 0.25) is 0 Å². The Bertz CT molecular complexity index is 902. The van der Waals surface area contributed by atoms with Gasteiger partial charge in [-0.05, 0) is 12.1 Å². The van der Waals surface area contributed by atoms with Crippen molar-refractivity contribution < 1.29 is 9.53 Å². The maximum atomic E-state index is 12.7. The van der Waals surface area contributed by atoms with Crippen LogP contribution >= 0.6 is 0 Å². The van der Waals surface area contributed by atoms with Crippen LogP contribution in [0.5, 0.6) is 0 Å². The summed E-state index contributed by atoms with van der Waals surface area (Å²) in [5, 5.41) is 4.05. The highest BCUT2D eigenvalue weighted by Gasteiger charge is 2.24. The minimum absolute atomic E-state index is 0.160. The van der Waals surface area contributed by atoms with E-state index in [9.17, 15) is 9.59 Å². The Labute approximate surface area is 162 Å². The van der Waals surface area contributed by atoms with Gasteiger partial charge in [0.25, 0.3) is 11.5 Å². The van der Waals surface area contributed by atoms with Crippen molar-refractivity contribution in [2.75, 3.05) is 62.3 Å². The predicted octanol–water partition coefficient (Wildman–Crippen LogP) is -0.631. The Morgan fingerprint density at radius 3 is 2.46 bits per heavy atom. The molecule has 10 heteroatoms. The predicted molar refractivity (Wildman–Crippen MR) is 103 cm³/mol. The molecule has 0 bridgehead atoms. The van der Waals surface area contributed by atoms with Crippen LogP contribution in [0.15, 0.2) is 29.2 Å². The molecule has 0 aromatic carbocycles. The molecule has 2 aromatic rings. The largest absolute Gasteiger partial charge is 0.378 e. The Balaban J connectivity index is 1.40. The topological polar surface area (TPSA) is 96.7 Å². The Morgan fingerprint density at radius 1 is 1.00 bits per heavy atom. The number of carbonyl (C=O) groups excluding carboxylic acids is 1. The summed E-state index contributed by atoms with van der Waals surface area (Å²) in [6, 6.07) is 4.75. The van der Waals surface area contributed by atoms with Gasteiger partial charge in [0.2, 0.25) is 5.95 Å². The van der Waals surface area contributed by atoms with Crippen LogP contribution in [0.3, 0.4) is 0 Å². The second kappa shape index (κ2) is 7.93. The Morgan fingerprint density at radius 2 is 1.75 bits per heavy atom. The normalized spacial score (nSPS) is 17.7. The van der Waals surface area contributed by atoms with Crippen LogP contribution in [0.25, 0.3) is 0 Å². The standard InChI is InChI=1S/C18H23N7O3/c1-22-16(26)3-2-14(21-22)17(27)24-8-6-23(7-9-24)15-4-5-19-18(20-15)25-10-12-28-13-11-25/h2-5H,6-13H2,1H3. The van der Waals surface area contributed by atoms with Gasteiger partial charge in [-0.15, -0.1) is 0 Å². The van der Waals surface area contributed by atoms with Gasteiger partial charge in [-0.25, -0.2) is 9.67 Å². The molecule has 0 unspecified atom stereocenters.